The summed E-state index contributed by atoms with van der Waals surface area (Å²) in [4.78, 5) is 18.1. The first-order valence-corrected chi connectivity index (χ1v) is 13.0. The number of nitrogens with one attached hydrogen (secondary N) is 2. The van der Waals surface area contributed by atoms with Crippen molar-refractivity contribution in [3.8, 4) is 9.88 Å². The Morgan fingerprint density at radius 2 is 1.69 bits per heavy atom. The van der Waals surface area contributed by atoms with E-state index in [1.54, 1.807) is 23.5 Å². The molecule has 2 heterocycles. The van der Waals surface area contributed by atoms with E-state index < -0.39 is 10.0 Å². The van der Waals surface area contributed by atoms with Crippen molar-refractivity contribution in [3.05, 3.63) is 82.2 Å². The summed E-state index contributed by atoms with van der Waals surface area (Å²) in [6, 6.07) is 15.7. The van der Waals surface area contributed by atoms with Crippen molar-refractivity contribution < 1.29 is 13.2 Å². The van der Waals surface area contributed by atoms with Gasteiger partial charge in [0.05, 0.1) is 27.6 Å². The first kappa shape index (κ1) is 22.2. The number of hydrogen-bond donors (Lipinski definition) is 2. The van der Waals surface area contributed by atoms with Gasteiger partial charge < -0.3 is 5.32 Å². The number of aryl methyl sites for hydroxylation is 2. The molecule has 0 spiro atoms. The summed E-state index contributed by atoms with van der Waals surface area (Å²) in [5.74, 6) is -0.211. The molecule has 1 amide bonds. The Balaban J connectivity index is 1.40. The fourth-order valence-corrected chi connectivity index (χ4v) is 5.99. The molecule has 2 aromatic heterocycles. The summed E-state index contributed by atoms with van der Waals surface area (Å²) in [7, 11) is -3.74. The molecule has 0 atom stereocenters. The molecule has 0 unspecified atom stereocenters. The quantitative estimate of drug-likeness (QED) is 0.365. The van der Waals surface area contributed by atoms with Gasteiger partial charge in [-0.2, -0.15) is 0 Å². The van der Waals surface area contributed by atoms with Gasteiger partial charge in [-0.1, -0.05) is 24.3 Å². The Kier molecular flexibility index (Phi) is 6.40. The van der Waals surface area contributed by atoms with E-state index in [-0.39, 0.29) is 17.2 Å². The number of para-hydroxylation sites is 1. The first-order chi connectivity index (χ1) is 15.3. The summed E-state index contributed by atoms with van der Waals surface area (Å²) in [6.07, 6.45) is 0.149. The van der Waals surface area contributed by atoms with Crippen LogP contribution in [0.5, 0.6) is 0 Å². The number of carbonyl (C=O) groups excluding carboxylic acids is 1. The molecule has 0 saturated heterocycles. The van der Waals surface area contributed by atoms with Gasteiger partial charge in [-0.15, -0.1) is 22.7 Å². The van der Waals surface area contributed by atoms with Crippen molar-refractivity contribution in [1.29, 1.82) is 0 Å². The molecule has 6 nitrogen and oxygen atoms in total. The summed E-state index contributed by atoms with van der Waals surface area (Å²) in [6.45, 7) is 3.71. The van der Waals surface area contributed by atoms with E-state index in [0.717, 1.165) is 21.0 Å². The molecule has 2 N–H and O–H groups in total. The zero-order valence-electron chi connectivity index (χ0n) is 17.5. The van der Waals surface area contributed by atoms with Crippen molar-refractivity contribution >= 4 is 50.0 Å². The molecule has 0 aliphatic carbocycles. The van der Waals surface area contributed by atoms with Crippen LogP contribution in [0.2, 0.25) is 0 Å². The van der Waals surface area contributed by atoms with Crippen molar-refractivity contribution in [2.24, 2.45) is 0 Å². The highest BCUT2D eigenvalue weighted by atomic mass is 32.2. The van der Waals surface area contributed by atoms with Crippen LogP contribution in [0.4, 0.5) is 11.4 Å². The average molecular weight is 484 g/mol. The molecule has 0 aliphatic heterocycles. The highest BCUT2D eigenvalue weighted by molar-refractivity contribution is 7.92. The maximum atomic E-state index is 12.8. The molecule has 0 bridgehead atoms. The number of rotatable bonds is 7. The number of aromatic nitrogens is 1. The zero-order valence-corrected chi connectivity index (χ0v) is 19.9. The SMILES string of the molecule is Cc1cccc(C)c1NS(=O)(=O)c1ccc(NC(=O)Cc2csc(-c3cccs3)n2)cc1. The lowest BCUT2D eigenvalue weighted by Crippen LogP contribution is -2.16. The molecule has 9 heteroatoms. The van der Waals surface area contributed by atoms with Gasteiger partial charge in [0.15, 0.2) is 0 Å². The summed E-state index contributed by atoms with van der Waals surface area (Å²) in [5.41, 5.74) is 3.50. The zero-order chi connectivity index (χ0) is 22.7. The number of amides is 1. The minimum atomic E-state index is -3.74. The fraction of sp³-hybridized carbons (Fsp3) is 0.130. The minimum Gasteiger partial charge on any atom is -0.326 e. The Morgan fingerprint density at radius 1 is 0.969 bits per heavy atom. The van der Waals surface area contributed by atoms with Gasteiger partial charge in [0.2, 0.25) is 5.91 Å². The predicted octanol–water partition coefficient (Wildman–Crippen LogP) is 5.47. The predicted molar refractivity (Wildman–Crippen MR) is 131 cm³/mol. The van der Waals surface area contributed by atoms with Crippen molar-refractivity contribution in [1.82, 2.24) is 4.98 Å². The van der Waals surface area contributed by atoms with E-state index in [4.69, 9.17) is 0 Å². The van der Waals surface area contributed by atoms with E-state index in [9.17, 15) is 13.2 Å². The van der Waals surface area contributed by atoms with E-state index >= 15 is 0 Å². The number of carbonyl (C=O) groups is 1. The van der Waals surface area contributed by atoms with Crippen LogP contribution >= 0.6 is 22.7 Å². The van der Waals surface area contributed by atoms with E-state index in [0.29, 0.717) is 17.1 Å². The van der Waals surface area contributed by atoms with Gasteiger partial charge in [-0.25, -0.2) is 13.4 Å². The fourth-order valence-electron chi connectivity index (χ4n) is 3.16. The van der Waals surface area contributed by atoms with Gasteiger partial charge >= 0.3 is 0 Å². The normalized spacial score (nSPS) is 11.3. The smallest absolute Gasteiger partial charge is 0.261 e. The van der Waals surface area contributed by atoms with Crippen LogP contribution in [0.15, 0.2) is 70.3 Å². The minimum absolute atomic E-state index is 0.123. The van der Waals surface area contributed by atoms with Gasteiger partial charge in [-0.05, 0) is 60.7 Å². The van der Waals surface area contributed by atoms with Gasteiger partial charge in [0.25, 0.3) is 10.0 Å². The third-order valence-corrected chi connectivity index (χ3v) is 8.09. The second-order valence-electron chi connectivity index (χ2n) is 7.24. The van der Waals surface area contributed by atoms with Crippen molar-refractivity contribution in [3.63, 3.8) is 0 Å². The van der Waals surface area contributed by atoms with Gasteiger partial charge in [0, 0.05) is 11.1 Å². The molecular formula is C23H21N3O3S3. The molecule has 4 rings (SSSR count). The van der Waals surface area contributed by atoms with Crippen LogP contribution in [0, 0.1) is 13.8 Å². The van der Waals surface area contributed by atoms with E-state index in [2.05, 4.69) is 15.0 Å². The Morgan fingerprint density at radius 3 is 2.34 bits per heavy atom. The monoisotopic (exact) mass is 483 g/mol. The Labute approximate surface area is 195 Å². The highest BCUT2D eigenvalue weighted by Gasteiger charge is 2.17. The lowest BCUT2D eigenvalue weighted by molar-refractivity contribution is -0.115. The number of anilines is 2. The molecule has 0 fully saturated rings. The molecule has 0 radical (unpaired) electrons. The largest absolute Gasteiger partial charge is 0.326 e. The third-order valence-electron chi connectivity index (χ3n) is 4.79. The van der Waals surface area contributed by atoms with Crippen LogP contribution in [0.1, 0.15) is 16.8 Å². The highest BCUT2D eigenvalue weighted by Crippen LogP contribution is 2.28. The van der Waals surface area contributed by atoms with Gasteiger partial charge in [-0.3, -0.25) is 9.52 Å². The lowest BCUT2D eigenvalue weighted by atomic mass is 10.1. The molecule has 4 aromatic rings. The van der Waals surface area contributed by atoms with Crippen LogP contribution < -0.4 is 10.0 Å². The maximum absolute atomic E-state index is 12.8. The molecule has 0 saturated carbocycles. The van der Waals surface area contributed by atoms with Gasteiger partial charge in [0.1, 0.15) is 5.01 Å². The van der Waals surface area contributed by atoms with E-state index in [1.165, 1.54) is 23.5 Å². The Hall–Kier alpha value is -3.01. The summed E-state index contributed by atoms with van der Waals surface area (Å²) in [5, 5.41) is 7.56. The van der Waals surface area contributed by atoms with E-state index in [1.807, 2.05) is 54.9 Å². The number of hydrogen-bond acceptors (Lipinski definition) is 6. The topological polar surface area (TPSA) is 88.2 Å². The number of nitrogens with zero attached hydrogens (tertiary/aromatic N) is 1. The molecule has 0 aliphatic rings. The average Bonchev–Trinajstić information content (AvgIpc) is 3.43. The van der Waals surface area contributed by atoms with Crippen LogP contribution in [-0.2, 0) is 21.2 Å². The maximum Gasteiger partial charge on any atom is 0.261 e. The molecular weight excluding hydrogens is 462 g/mol. The second-order valence-corrected chi connectivity index (χ2v) is 10.7. The standard InChI is InChI=1S/C23H21N3O3S3/c1-15-5-3-6-16(2)22(15)26-32(28,29)19-10-8-17(9-11-19)24-21(27)13-18-14-31-23(25-18)20-7-4-12-30-20/h3-12,14,26H,13H2,1-2H3,(H,24,27). The number of thiazole rings is 1. The van der Waals surface area contributed by atoms with Crippen LogP contribution in [0.25, 0.3) is 9.88 Å². The lowest BCUT2D eigenvalue weighted by Gasteiger charge is -2.13. The van der Waals surface area contributed by atoms with Crippen LogP contribution in [-0.4, -0.2) is 19.3 Å². The molecule has 164 valence electrons. The number of thiophene rings is 1. The molecule has 32 heavy (non-hydrogen) atoms. The van der Waals surface area contributed by atoms with Crippen molar-refractivity contribution in [2.45, 2.75) is 25.2 Å². The van der Waals surface area contributed by atoms with Crippen molar-refractivity contribution in [2.75, 3.05) is 10.0 Å². The van der Waals surface area contributed by atoms with Crippen LogP contribution in [0.3, 0.4) is 0 Å². The number of sulfonamides is 1. The number of benzene rings is 2. The summed E-state index contributed by atoms with van der Waals surface area (Å²) < 4.78 is 28.2. The summed E-state index contributed by atoms with van der Waals surface area (Å²) >= 11 is 3.12. The first-order valence-electron chi connectivity index (χ1n) is 9.79. The third kappa shape index (κ3) is 5.07. The second kappa shape index (κ2) is 9.23. The molecule has 2 aromatic carbocycles. The Bertz CT molecular complexity index is 1320.